The number of hydrogen-bond acceptors (Lipinski definition) is 5. The van der Waals surface area contributed by atoms with Gasteiger partial charge >= 0.3 is 0 Å². The van der Waals surface area contributed by atoms with Gasteiger partial charge in [-0.15, -0.1) is 0 Å². The van der Waals surface area contributed by atoms with Crippen molar-refractivity contribution in [3.63, 3.8) is 0 Å². The number of benzene rings is 2. The number of fused-ring (bicyclic) bond motifs is 1. The first-order chi connectivity index (χ1) is 18.4. The first kappa shape index (κ1) is 24.8. The minimum Gasteiger partial charge on any atom is -0.394 e. The van der Waals surface area contributed by atoms with Crippen molar-refractivity contribution < 1.29 is 19.1 Å². The Morgan fingerprint density at radius 3 is 2.61 bits per heavy atom. The van der Waals surface area contributed by atoms with Gasteiger partial charge < -0.3 is 15.7 Å². The van der Waals surface area contributed by atoms with Crippen molar-refractivity contribution >= 4 is 23.1 Å². The topological polar surface area (TPSA) is 114 Å². The number of anilines is 1. The summed E-state index contributed by atoms with van der Waals surface area (Å²) in [4.78, 5) is 30.2. The minimum absolute atomic E-state index is 0.146. The zero-order chi connectivity index (χ0) is 26.6. The summed E-state index contributed by atoms with van der Waals surface area (Å²) < 4.78 is 17.9. The molecule has 0 spiro atoms. The Hall–Kier alpha value is -4.83. The van der Waals surface area contributed by atoms with Crippen molar-refractivity contribution in [3.8, 4) is 11.3 Å². The number of amides is 2. The molecule has 3 N–H and O–H groups in total. The molecule has 5 aromatic rings. The van der Waals surface area contributed by atoms with Crippen LogP contribution in [0.4, 0.5) is 10.1 Å². The van der Waals surface area contributed by atoms with E-state index in [4.69, 9.17) is 0 Å². The molecule has 0 bridgehead atoms. The van der Waals surface area contributed by atoms with E-state index in [2.05, 4.69) is 20.7 Å². The lowest BCUT2D eigenvalue weighted by Crippen LogP contribution is -2.39. The van der Waals surface area contributed by atoms with Crippen LogP contribution in [-0.4, -0.2) is 48.7 Å². The van der Waals surface area contributed by atoms with Crippen LogP contribution in [0.1, 0.15) is 26.4 Å². The maximum atomic E-state index is 14.6. The van der Waals surface area contributed by atoms with Gasteiger partial charge in [0.25, 0.3) is 11.8 Å². The molecule has 9 nitrogen and oxygen atoms in total. The van der Waals surface area contributed by atoms with Crippen molar-refractivity contribution in [1.29, 1.82) is 0 Å². The standard InChI is InChI=1S/C28H25FN6O3/c1-34-24(9-11-31-34)19-10-12-35-25(16-30-26(35)15-19)28(38)33-23-14-20(7-8-22(23)29)27(37)32-21(17-36)13-18-5-3-2-4-6-18/h2-12,14-16,21,36H,13,17H2,1H3,(H,32,37)(H,33,38). The molecule has 0 aliphatic carbocycles. The second-order valence-corrected chi connectivity index (χ2v) is 8.82. The number of hydrogen-bond donors (Lipinski definition) is 3. The summed E-state index contributed by atoms with van der Waals surface area (Å²) in [5.41, 5.74) is 3.48. The first-order valence-corrected chi connectivity index (χ1v) is 11.9. The van der Waals surface area contributed by atoms with E-state index < -0.39 is 23.7 Å². The Labute approximate surface area is 217 Å². The highest BCUT2D eigenvalue weighted by Crippen LogP contribution is 2.22. The van der Waals surface area contributed by atoms with E-state index in [1.807, 2.05) is 55.6 Å². The van der Waals surface area contributed by atoms with Crippen LogP contribution in [0.5, 0.6) is 0 Å². The molecule has 3 aromatic heterocycles. The molecule has 1 atom stereocenters. The fraction of sp³-hybridized carbons (Fsp3) is 0.143. The van der Waals surface area contributed by atoms with Crippen LogP contribution in [-0.2, 0) is 13.5 Å². The third kappa shape index (κ3) is 5.16. The van der Waals surface area contributed by atoms with Crippen LogP contribution in [0.25, 0.3) is 16.9 Å². The van der Waals surface area contributed by atoms with E-state index in [1.165, 1.54) is 18.3 Å². The minimum atomic E-state index is -0.690. The van der Waals surface area contributed by atoms with Crippen LogP contribution >= 0.6 is 0 Å². The van der Waals surface area contributed by atoms with Gasteiger partial charge in [-0.1, -0.05) is 30.3 Å². The maximum absolute atomic E-state index is 14.6. The van der Waals surface area contributed by atoms with Gasteiger partial charge in [-0.3, -0.25) is 18.7 Å². The third-order valence-electron chi connectivity index (χ3n) is 6.22. The zero-order valence-corrected chi connectivity index (χ0v) is 20.5. The first-order valence-electron chi connectivity index (χ1n) is 11.9. The second kappa shape index (κ2) is 10.7. The summed E-state index contributed by atoms with van der Waals surface area (Å²) in [6, 6.07) is 18.2. The molecule has 38 heavy (non-hydrogen) atoms. The molecule has 3 heterocycles. The van der Waals surface area contributed by atoms with Crippen LogP contribution in [0.3, 0.4) is 0 Å². The van der Waals surface area contributed by atoms with Gasteiger partial charge in [0.15, 0.2) is 0 Å². The summed E-state index contributed by atoms with van der Waals surface area (Å²) in [7, 11) is 1.83. The van der Waals surface area contributed by atoms with Gasteiger partial charge in [0.05, 0.1) is 30.2 Å². The summed E-state index contributed by atoms with van der Waals surface area (Å²) in [6.45, 7) is -0.262. The molecule has 2 amide bonds. The molecule has 0 aliphatic heterocycles. The van der Waals surface area contributed by atoms with E-state index in [-0.39, 0.29) is 23.6 Å². The smallest absolute Gasteiger partial charge is 0.274 e. The number of pyridine rings is 1. The summed E-state index contributed by atoms with van der Waals surface area (Å²) in [6.07, 6.45) is 5.24. The SMILES string of the molecule is Cn1nccc1-c1ccn2c(C(=O)Nc3cc(C(=O)NC(CO)Cc4ccccc4)ccc3F)cnc2c1. The van der Waals surface area contributed by atoms with Gasteiger partial charge in [-0.2, -0.15) is 5.10 Å². The molecule has 0 aliphatic rings. The van der Waals surface area contributed by atoms with Crippen molar-refractivity contribution in [3.05, 3.63) is 108 Å². The number of rotatable bonds is 8. The fourth-order valence-corrected chi connectivity index (χ4v) is 4.24. The third-order valence-corrected chi connectivity index (χ3v) is 6.22. The normalized spacial score (nSPS) is 11.9. The Kier molecular flexibility index (Phi) is 6.96. The van der Waals surface area contributed by atoms with E-state index in [0.717, 1.165) is 22.9 Å². The molecule has 0 saturated carbocycles. The zero-order valence-electron chi connectivity index (χ0n) is 20.5. The molecule has 2 aromatic carbocycles. The predicted molar refractivity (Wildman–Crippen MR) is 140 cm³/mol. The van der Waals surface area contributed by atoms with Crippen LogP contribution in [0, 0.1) is 5.82 Å². The Balaban J connectivity index is 1.32. The maximum Gasteiger partial charge on any atom is 0.274 e. The number of carbonyl (C=O) groups excluding carboxylic acids is 2. The number of aryl methyl sites for hydroxylation is 1. The lowest BCUT2D eigenvalue weighted by Gasteiger charge is -2.17. The van der Waals surface area contributed by atoms with E-state index in [9.17, 15) is 19.1 Å². The lowest BCUT2D eigenvalue weighted by molar-refractivity contribution is 0.0915. The molecule has 0 radical (unpaired) electrons. The number of aliphatic hydroxyl groups is 1. The van der Waals surface area contributed by atoms with E-state index in [0.29, 0.717) is 12.1 Å². The Bertz CT molecular complexity index is 1610. The molecule has 192 valence electrons. The summed E-state index contributed by atoms with van der Waals surface area (Å²) >= 11 is 0. The number of imidazole rings is 1. The van der Waals surface area contributed by atoms with E-state index >= 15 is 0 Å². The number of nitrogens with one attached hydrogen (secondary N) is 2. The highest BCUT2D eigenvalue weighted by molar-refractivity contribution is 6.04. The largest absolute Gasteiger partial charge is 0.394 e. The highest BCUT2D eigenvalue weighted by atomic mass is 19.1. The number of nitrogens with zero attached hydrogens (tertiary/aromatic N) is 4. The summed E-state index contributed by atoms with van der Waals surface area (Å²) in [5, 5.41) is 19.2. The average molecular weight is 513 g/mol. The number of halogens is 1. The molecule has 5 rings (SSSR count). The average Bonchev–Trinajstić information content (AvgIpc) is 3.55. The number of aliphatic hydroxyl groups excluding tert-OH is 1. The number of carbonyl (C=O) groups is 2. The van der Waals surface area contributed by atoms with Gasteiger partial charge in [0.1, 0.15) is 17.2 Å². The molecular formula is C28H25FN6O3. The quantitative estimate of drug-likeness (QED) is 0.295. The van der Waals surface area contributed by atoms with Crippen LogP contribution in [0.15, 0.2) is 85.3 Å². The Morgan fingerprint density at radius 1 is 1.05 bits per heavy atom. The molecule has 10 heteroatoms. The fourth-order valence-electron chi connectivity index (χ4n) is 4.24. The van der Waals surface area contributed by atoms with Gasteiger partial charge in [0, 0.05) is 30.6 Å². The second-order valence-electron chi connectivity index (χ2n) is 8.82. The van der Waals surface area contributed by atoms with Crippen molar-refractivity contribution in [2.45, 2.75) is 12.5 Å². The van der Waals surface area contributed by atoms with Crippen LogP contribution < -0.4 is 10.6 Å². The predicted octanol–water partition coefficient (Wildman–Crippen LogP) is 3.46. The van der Waals surface area contributed by atoms with E-state index in [1.54, 1.807) is 21.5 Å². The van der Waals surface area contributed by atoms with Gasteiger partial charge in [0.2, 0.25) is 0 Å². The van der Waals surface area contributed by atoms with Crippen molar-refractivity contribution in [1.82, 2.24) is 24.5 Å². The highest BCUT2D eigenvalue weighted by Gasteiger charge is 2.18. The lowest BCUT2D eigenvalue weighted by atomic mass is 10.1. The number of aromatic nitrogens is 4. The van der Waals surface area contributed by atoms with Crippen molar-refractivity contribution in [2.24, 2.45) is 7.05 Å². The Morgan fingerprint density at radius 2 is 1.87 bits per heavy atom. The summed E-state index contributed by atoms with van der Waals surface area (Å²) in [5.74, 6) is -1.77. The molecule has 1 unspecified atom stereocenters. The van der Waals surface area contributed by atoms with Gasteiger partial charge in [-0.05, 0) is 48.4 Å². The monoisotopic (exact) mass is 512 g/mol. The molecule has 0 saturated heterocycles. The van der Waals surface area contributed by atoms with Gasteiger partial charge in [-0.25, -0.2) is 9.37 Å². The molecule has 0 fully saturated rings. The van der Waals surface area contributed by atoms with Crippen molar-refractivity contribution in [2.75, 3.05) is 11.9 Å². The van der Waals surface area contributed by atoms with Crippen LogP contribution in [0.2, 0.25) is 0 Å². The molecular weight excluding hydrogens is 487 g/mol.